The summed E-state index contributed by atoms with van der Waals surface area (Å²) in [6, 6.07) is 10.1. The van der Waals surface area contributed by atoms with Gasteiger partial charge in [0.2, 0.25) is 0 Å². The summed E-state index contributed by atoms with van der Waals surface area (Å²) in [7, 11) is 0. The fourth-order valence-electron chi connectivity index (χ4n) is 3.05. The minimum Gasteiger partial charge on any atom is -0.463 e. The molecule has 5 nitrogen and oxygen atoms in total. The van der Waals surface area contributed by atoms with E-state index < -0.39 is 11.7 Å². The third-order valence-electron chi connectivity index (χ3n) is 4.69. The number of thiazole rings is 1. The molecule has 0 radical (unpaired) electrons. The summed E-state index contributed by atoms with van der Waals surface area (Å²) in [5.74, 6) is 0.585. The Bertz CT molecular complexity index is 1290. The fraction of sp³-hybridized carbons (Fsp3) is 0.261. The van der Waals surface area contributed by atoms with E-state index >= 15 is 0 Å². The van der Waals surface area contributed by atoms with E-state index in [1.54, 1.807) is 18.2 Å². The molecule has 0 saturated heterocycles. The van der Waals surface area contributed by atoms with Crippen molar-refractivity contribution in [2.75, 3.05) is 11.9 Å². The molecule has 0 atom stereocenters. The van der Waals surface area contributed by atoms with Crippen LogP contribution >= 0.6 is 34.5 Å². The number of fused-ring (bicyclic) bond motifs is 1. The average Bonchev–Trinajstić information content (AvgIpc) is 3.18. The summed E-state index contributed by atoms with van der Waals surface area (Å²) in [5.41, 5.74) is 0.900. The summed E-state index contributed by atoms with van der Waals surface area (Å²) in [5, 5.41) is 4.81. The number of benzene rings is 2. The molecule has 0 fully saturated rings. The fourth-order valence-corrected chi connectivity index (χ4v) is 4.52. The van der Waals surface area contributed by atoms with Crippen molar-refractivity contribution >= 4 is 56.4 Å². The summed E-state index contributed by atoms with van der Waals surface area (Å²) in [6.45, 7) is 4.40. The summed E-state index contributed by atoms with van der Waals surface area (Å²) in [4.78, 5) is 14.1. The van der Waals surface area contributed by atoms with Crippen molar-refractivity contribution in [3.05, 3.63) is 68.6 Å². The highest BCUT2D eigenvalue weighted by Gasteiger charge is 2.30. The zero-order valence-corrected chi connectivity index (χ0v) is 20.4. The molecular formula is C23H19Cl2F3N4OS. The van der Waals surface area contributed by atoms with E-state index in [1.807, 2.05) is 13.8 Å². The number of alkyl halides is 3. The standard InChI is InChI=1S/C23H19Cl2F3N4OS/c1-12(2)11-33-22-31-20(29-14-8-6-13(7-9-14)23(26,27)28)19-21(32-22)34-18(30-19)10-15-16(24)4-3-5-17(15)25/h3-9,12H,10-11H2,1-2H3,(H,29,31,32). The molecule has 1 N–H and O–H groups in total. The van der Waals surface area contributed by atoms with E-state index in [9.17, 15) is 13.2 Å². The molecule has 0 spiro atoms. The topological polar surface area (TPSA) is 59.9 Å². The zero-order chi connectivity index (χ0) is 24.5. The maximum atomic E-state index is 12.9. The first-order valence-electron chi connectivity index (χ1n) is 10.3. The molecule has 4 rings (SSSR count). The van der Waals surface area contributed by atoms with Crippen molar-refractivity contribution in [3.63, 3.8) is 0 Å². The predicted octanol–water partition coefficient (Wildman–Crippen LogP) is 7.78. The average molecular weight is 527 g/mol. The quantitative estimate of drug-likeness (QED) is 0.266. The highest BCUT2D eigenvalue weighted by molar-refractivity contribution is 7.18. The minimum atomic E-state index is -4.41. The maximum absolute atomic E-state index is 12.9. The van der Waals surface area contributed by atoms with Crippen LogP contribution in [-0.4, -0.2) is 21.6 Å². The molecule has 2 aromatic carbocycles. The van der Waals surface area contributed by atoms with Crippen LogP contribution in [0.15, 0.2) is 42.5 Å². The molecule has 0 unspecified atom stereocenters. The van der Waals surface area contributed by atoms with E-state index in [4.69, 9.17) is 27.9 Å². The van der Waals surface area contributed by atoms with Gasteiger partial charge >= 0.3 is 12.2 Å². The molecule has 11 heteroatoms. The maximum Gasteiger partial charge on any atom is 0.416 e. The molecule has 2 heterocycles. The van der Waals surface area contributed by atoms with Crippen LogP contribution in [0.2, 0.25) is 10.0 Å². The largest absolute Gasteiger partial charge is 0.463 e. The van der Waals surface area contributed by atoms with Gasteiger partial charge in [0, 0.05) is 22.2 Å². The van der Waals surface area contributed by atoms with Crippen molar-refractivity contribution in [2.45, 2.75) is 26.4 Å². The van der Waals surface area contributed by atoms with Crippen molar-refractivity contribution in [2.24, 2.45) is 5.92 Å². The molecule has 0 amide bonds. The first-order valence-corrected chi connectivity index (χ1v) is 11.8. The van der Waals surface area contributed by atoms with E-state index in [0.717, 1.165) is 17.7 Å². The lowest BCUT2D eigenvalue weighted by Gasteiger charge is -2.11. The number of hydrogen-bond donors (Lipinski definition) is 1. The molecule has 0 aliphatic rings. The third-order valence-corrected chi connectivity index (χ3v) is 6.35. The second kappa shape index (κ2) is 9.93. The van der Waals surface area contributed by atoms with E-state index in [2.05, 4.69) is 20.3 Å². The van der Waals surface area contributed by atoms with Crippen LogP contribution in [0.5, 0.6) is 6.01 Å². The Hall–Kier alpha value is -2.62. The van der Waals surface area contributed by atoms with Crippen molar-refractivity contribution in [1.29, 1.82) is 0 Å². The highest BCUT2D eigenvalue weighted by atomic mass is 35.5. The normalized spacial score (nSPS) is 11.9. The first kappa shape index (κ1) is 24.5. The van der Waals surface area contributed by atoms with Gasteiger partial charge in [-0.1, -0.05) is 54.5 Å². The Morgan fingerprint density at radius 2 is 1.68 bits per heavy atom. The van der Waals surface area contributed by atoms with Gasteiger partial charge in [-0.2, -0.15) is 23.1 Å². The number of nitrogens with one attached hydrogen (secondary N) is 1. The SMILES string of the molecule is CC(C)COc1nc(Nc2ccc(C(F)(F)F)cc2)c2nc(Cc3c(Cl)cccc3Cl)sc2n1. The molecule has 0 aliphatic carbocycles. The number of rotatable bonds is 7. The summed E-state index contributed by atoms with van der Waals surface area (Å²) < 4.78 is 44.4. The van der Waals surface area contributed by atoms with Crippen LogP contribution < -0.4 is 10.1 Å². The van der Waals surface area contributed by atoms with Crippen LogP contribution in [-0.2, 0) is 12.6 Å². The monoisotopic (exact) mass is 526 g/mol. The van der Waals surface area contributed by atoms with Crippen LogP contribution in [0, 0.1) is 5.92 Å². The molecule has 0 aliphatic heterocycles. The Kier molecular flexibility index (Phi) is 7.16. The number of aromatic nitrogens is 3. The van der Waals surface area contributed by atoms with Gasteiger partial charge in [-0.25, -0.2) is 4.98 Å². The van der Waals surface area contributed by atoms with Gasteiger partial charge < -0.3 is 10.1 Å². The number of halogens is 5. The number of ether oxygens (including phenoxy) is 1. The Labute approximate surface area is 207 Å². The molecule has 0 saturated carbocycles. The number of anilines is 2. The van der Waals surface area contributed by atoms with Gasteiger partial charge in [0.05, 0.1) is 12.2 Å². The molecular weight excluding hydrogens is 508 g/mol. The lowest BCUT2D eigenvalue weighted by Crippen LogP contribution is -2.08. The second-order valence-corrected chi connectivity index (χ2v) is 9.77. The van der Waals surface area contributed by atoms with Gasteiger partial charge in [0.25, 0.3) is 0 Å². The smallest absolute Gasteiger partial charge is 0.416 e. The van der Waals surface area contributed by atoms with Gasteiger partial charge in [0.1, 0.15) is 10.5 Å². The van der Waals surface area contributed by atoms with E-state index in [1.165, 1.54) is 23.5 Å². The zero-order valence-electron chi connectivity index (χ0n) is 18.1. The first-order chi connectivity index (χ1) is 16.1. The van der Waals surface area contributed by atoms with E-state index in [-0.39, 0.29) is 11.9 Å². The van der Waals surface area contributed by atoms with Crippen LogP contribution in [0.3, 0.4) is 0 Å². The van der Waals surface area contributed by atoms with Crippen LogP contribution in [0.4, 0.5) is 24.7 Å². The Balaban J connectivity index is 1.71. The van der Waals surface area contributed by atoms with Crippen LogP contribution in [0.25, 0.3) is 10.3 Å². The van der Waals surface area contributed by atoms with Gasteiger partial charge in [-0.3, -0.25) is 0 Å². The molecule has 178 valence electrons. The lowest BCUT2D eigenvalue weighted by atomic mass is 10.1. The molecule has 2 aromatic heterocycles. The Morgan fingerprint density at radius 1 is 1.00 bits per heavy atom. The van der Waals surface area contributed by atoms with Crippen molar-refractivity contribution in [1.82, 2.24) is 15.0 Å². The second-order valence-electron chi connectivity index (χ2n) is 7.90. The van der Waals surface area contributed by atoms with Gasteiger partial charge in [-0.15, -0.1) is 0 Å². The highest BCUT2D eigenvalue weighted by Crippen LogP contribution is 2.34. The predicted molar refractivity (Wildman–Crippen MR) is 130 cm³/mol. The summed E-state index contributed by atoms with van der Waals surface area (Å²) in [6.07, 6.45) is -4.02. The number of hydrogen-bond acceptors (Lipinski definition) is 6. The Morgan fingerprint density at radius 3 is 2.29 bits per heavy atom. The van der Waals surface area contributed by atoms with Gasteiger partial charge in [0.15, 0.2) is 10.6 Å². The number of nitrogens with zero attached hydrogens (tertiary/aromatic N) is 3. The molecule has 4 aromatic rings. The third kappa shape index (κ3) is 5.71. The molecule has 34 heavy (non-hydrogen) atoms. The van der Waals surface area contributed by atoms with E-state index in [0.29, 0.717) is 49.9 Å². The van der Waals surface area contributed by atoms with Crippen molar-refractivity contribution < 1.29 is 17.9 Å². The summed E-state index contributed by atoms with van der Waals surface area (Å²) >= 11 is 14.0. The van der Waals surface area contributed by atoms with Crippen LogP contribution in [0.1, 0.15) is 30.0 Å². The van der Waals surface area contributed by atoms with Crippen molar-refractivity contribution in [3.8, 4) is 6.01 Å². The molecule has 0 bridgehead atoms. The van der Waals surface area contributed by atoms with Gasteiger partial charge in [-0.05, 0) is 47.9 Å². The lowest BCUT2D eigenvalue weighted by molar-refractivity contribution is -0.137. The minimum absolute atomic E-state index is 0.154.